The summed E-state index contributed by atoms with van der Waals surface area (Å²) in [6, 6.07) is 8.36. The van der Waals surface area contributed by atoms with Crippen LogP contribution in [0.15, 0.2) is 42.6 Å². The van der Waals surface area contributed by atoms with Gasteiger partial charge >= 0.3 is 8.80 Å². The maximum absolute atomic E-state index is 12.7. The van der Waals surface area contributed by atoms with Crippen LogP contribution in [0.4, 0.5) is 0 Å². The first-order chi connectivity index (χ1) is 21.9. The Kier molecular flexibility index (Phi) is 14.5. The molecule has 2 N–H and O–H groups in total. The summed E-state index contributed by atoms with van der Waals surface area (Å²) in [6.45, 7) is 4.35. The minimum Gasteiger partial charge on any atom is -0.487 e. The van der Waals surface area contributed by atoms with E-state index in [2.05, 4.69) is 20.5 Å². The number of morpholine rings is 1. The number of carbonyl (C=O) groups excluding carboxylic acids is 1. The number of hydrogen-bond acceptors (Lipinski definition) is 10. The van der Waals surface area contributed by atoms with Crippen LogP contribution in [0.1, 0.15) is 49.8 Å². The smallest absolute Gasteiger partial charge is 0.487 e. The number of carbonyl (C=O) groups is 1. The maximum atomic E-state index is 12.7. The molecule has 250 valence electrons. The van der Waals surface area contributed by atoms with Crippen LogP contribution in [0.5, 0.6) is 5.75 Å². The topological polar surface area (TPSA) is 129 Å². The lowest BCUT2D eigenvalue weighted by Gasteiger charge is -2.39. The van der Waals surface area contributed by atoms with Gasteiger partial charge in [0.05, 0.1) is 31.6 Å². The number of amides is 1. The first-order valence-electron chi connectivity index (χ1n) is 16.2. The minimum absolute atomic E-state index is 0.144. The molecular formula is C32H51N5O7Si. The predicted molar refractivity (Wildman–Crippen MR) is 172 cm³/mol. The van der Waals surface area contributed by atoms with E-state index in [1.54, 1.807) is 32.1 Å². The Morgan fingerprint density at radius 3 is 2.51 bits per heavy atom. The van der Waals surface area contributed by atoms with E-state index in [0.717, 1.165) is 49.4 Å². The number of aliphatic hydroxyl groups is 1. The monoisotopic (exact) mass is 645 g/mol. The Balaban J connectivity index is 1.17. The van der Waals surface area contributed by atoms with Crippen molar-refractivity contribution in [3.8, 4) is 5.75 Å². The first kappa shape index (κ1) is 35.2. The minimum atomic E-state index is -2.59. The second-order valence-electron chi connectivity index (χ2n) is 11.7. The molecule has 0 unspecified atom stereocenters. The van der Waals surface area contributed by atoms with Gasteiger partial charge < -0.3 is 33.2 Å². The lowest BCUT2D eigenvalue weighted by molar-refractivity contribution is -0.116. The molecule has 2 aromatic rings. The van der Waals surface area contributed by atoms with Crippen LogP contribution >= 0.6 is 0 Å². The van der Waals surface area contributed by atoms with Gasteiger partial charge in [0.15, 0.2) is 0 Å². The summed E-state index contributed by atoms with van der Waals surface area (Å²) in [7, 11) is 2.25. The van der Waals surface area contributed by atoms with Crippen LogP contribution < -0.4 is 10.1 Å². The standard InChI is InChI=1S/C32H51N5O7Si/c1-40-45(41-2,42-3)23-7-18-37-24-28(34-35-37)25-44-29-12-10-26(11-13-29)16-17-33-31(38)15-14-30(36-19-21-43-22-20-36)32(39)27-8-5-4-6-9-27/h10-15,24,27,30,32,39H,4-9,16-23,25H2,1-3H3,(H,33,38)/b15-14+/t30-,32+/m1/s1. The Morgan fingerprint density at radius 2 is 1.82 bits per heavy atom. The predicted octanol–water partition coefficient (Wildman–Crippen LogP) is 2.98. The van der Waals surface area contributed by atoms with E-state index in [9.17, 15) is 9.90 Å². The van der Waals surface area contributed by atoms with E-state index in [1.165, 1.54) is 19.3 Å². The molecule has 1 saturated carbocycles. The molecule has 0 bridgehead atoms. The zero-order chi connectivity index (χ0) is 31.9. The molecule has 1 amide bonds. The van der Waals surface area contributed by atoms with Crippen molar-refractivity contribution in [2.75, 3.05) is 54.2 Å². The number of nitrogens with one attached hydrogen (secondary N) is 1. The summed E-state index contributed by atoms with van der Waals surface area (Å²) in [6.07, 6.45) is 12.1. The number of ether oxygens (including phenoxy) is 2. The van der Waals surface area contributed by atoms with Gasteiger partial charge in [-0.2, -0.15) is 0 Å². The van der Waals surface area contributed by atoms with Crippen LogP contribution in [0.2, 0.25) is 6.04 Å². The van der Waals surface area contributed by atoms with Crippen molar-refractivity contribution in [2.24, 2.45) is 5.92 Å². The van der Waals surface area contributed by atoms with Crippen LogP contribution in [-0.4, -0.2) is 106 Å². The van der Waals surface area contributed by atoms with E-state index in [0.29, 0.717) is 45.4 Å². The quantitative estimate of drug-likeness (QED) is 0.184. The largest absolute Gasteiger partial charge is 0.500 e. The fourth-order valence-corrected chi connectivity index (χ4v) is 7.80. The lowest BCUT2D eigenvalue weighted by atomic mass is 9.82. The van der Waals surface area contributed by atoms with Crippen LogP contribution in [-0.2, 0) is 42.4 Å². The van der Waals surface area contributed by atoms with E-state index in [4.69, 9.17) is 22.8 Å². The van der Waals surface area contributed by atoms with E-state index >= 15 is 0 Å². The molecule has 0 radical (unpaired) electrons. The number of aryl methyl sites for hydroxylation is 1. The third-order valence-electron chi connectivity index (χ3n) is 8.81. The number of rotatable bonds is 18. The highest BCUT2D eigenvalue weighted by molar-refractivity contribution is 6.60. The molecule has 45 heavy (non-hydrogen) atoms. The van der Waals surface area contributed by atoms with Gasteiger partial charge in [-0.15, -0.1) is 5.10 Å². The molecule has 1 aromatic carbocycles. The highest BCUT2D eigenvalue weighted by Crippen LogP contribution is 2.30. The third-order valence-corrected chi connectivity index (χ3v) is 11.6. The normalized spacial score (nSPS) is 18.2. The van der Waals surface area contributed by atoms with Crippen molar-refractivity contribution < 1.29 is 32.7 Å². The van der Waals surface area contributed by atoms with Crippen molar-refractivity contribution in [3.05, 3.63) is 53.9 Å². The van der Waals surface area contributed by atoms with Crippen molar-refractivity contribution >= 4 is 14.7 Å². The fraction of sp³-hybridized carbons (Fsp3) is 0.656. The summed E-state index contributed by atoms with van der Waals surface area (Å²) in [5, 5.41) is 22.6. The molecule has 2 fully saturated rings. The highest BCUT2D eigenvalue weighted by atomic mass is 28.4. The summed E-state index contributed by atoms with van der Waals surface area (Å²) >= 11 is 0. The van der Waals surface area contributed by atoms with Crippen molar-refractivity contribution in [3.63, 3.8) is 0 Å². The van der Waals surface area contributed by atoms with Gasteiger partial charge in [0.25, 0.3) is 0 Å². The SMILES string of the molecule is CO[Si](CCCn1cc(COc2ccc(CCNC(=O)/C=C/[C@H]([C@@H](O)C3CCCCC3)N3CCOCC3)cc2)nn1)(OC)OC. The molecule has 2 aliphatic rings. The zero-order valence-corrected chi connectivity index (χ0v) is 28.1. The maximum Gasteiger partial charge on any atom is 0.500 e. The van der Waals surface area contributed by atoms with Gasteiger partial charge in [-0.1, -0.05) is 42.7 Å². The van der Waals surface area contributed by atoms with E-state index < -0.39 is 14.9 Å². The molecule has 2 heterocycles. The van der Waals surface area contributed by atoms with E-state index in [1.807, 2.05) is 36.5 Å². The van der Waals surface area contributed by atoms with Crippen molar-refractivity contribution in [1.82, 2.24) is 25.2 Å². The summed E-state index contributed by atoms with van der Waals surface area (Å²) in [4.78, 5) is 14.9. The molecule has 1 aromatic heterocycles. The van der Waals surface area contributed by atoms with E-state index in [-0.39, 0.29) is 17.9 Å². The Morgan fingerprint density at radius 1 is 1.11 bits per heavy atom. The second-order valence-corrected chi connectivity index (χ2v) is 14.8. The molecule has 0 spiro atoms. The highest BCUT2D eigenvalue weighted by Gasteiger charge is 2.37. The lowest BCUT2D eigenvalue weighted by Crippen LogP contribution is -2.50. The molecule has 2 atom stereocenters. The fourth-order valence-electron chi connectivity index (χ4n) is 6.09. The molecule has 13 heteroatoms. The first-order valence-corrected chi connectivity index (χ1v) is 18.1. The summed E-state index contributed by atoms with van der Waals surface area (Å²) in [5.41, 5.74) is 1.84. The van der Waals surface area contributed by atoms with Crippen molar-refractivity contribution in [2.45, 2.75) is 76.3 Å². The number of aromatic nitrogens is 3. The average molecular weight is 646 g/mol. The zero-order valence-electron chi connectivity index (χ0n) is 27.1. The third kappa shape index (κ3) is 11.0. The van der Waals surface area contributed by atoms with Crippen LogP contribution in [0.3, 0.4) is 0 Å². The van der Waals surface area contributed by atoms with Gasteiger partial charge in [0, 0.05) is 59.6 Å². The summed E-state index contributed by atoms with van der Waals surface area (Å²) < 4.78 is 29.6. The average Bonchev–Trinajstić information content (AvgIpc) is 3.55. The molecule has 1 saturated heterocycles. The van der Waals surface area contributed by atoms with Crippen LogP contribution in [0.25, 0.3) is 0 Å². The number of hydrogen-bond donors (Lipinski definition) is 2. The number of benzene rings is 1. The Bertz CT molecular complexity index is 1160. The molecule has 1 aliphatic carbocycles. The molecule has 4 rings (SSSR count). The van der Waals surface area contributed by atoms with Crippen molar-refractivity contribution in [1.29, 1.82) is 0 Å². The van der Waals surface area contributed by atoms with Gasteiger partial charge in [-0.05, 0) is 49.3 Å². The van der Waals surface area contributed by atoms with Gasteiger partial charge in [-0.3, -0.25) is 14.4 Å². The molecular weight excluding hydrogens is 594 g/mol. The molecule has 1 aliphatic heterocycles. The number of aliphatic hydroxyl groups excluding tert-OH is 1. The molecule has 12 nitrogen and oxygen atoms in total. The Labute approximate surface area is 268 Å². The second kappa shape index (κ2) is 18.5. The summed E-state index contributed by atoms with van der Waals surface area (Å²) in [5.74, 6) is 0.878. The van der Waals surface area contributed by atoms with Gasteiger partial charge in [0.1, 0.15) is 18.1 Å². The number of nitrogens with zero attached hydrogens (tertiary/aromatic N) is 4. The van der Waals surface area contributed by atoms with Gasteiger partial charge in [-0.25, -0.2) is 0 Å². The Hall–Kier alpha value is -2.65. The van der Waals surface area contributed by atoms with Gasteiger partial charge in [0.2, 0.25) is 5.91 Å². The van der Waals surface area contributed by atoms with Crippen LogP contribution in [0, 0.1) is 5.92 Å².